The zero-order valence-electron chi connectivity index (χ0n) is 16.0. The molecular weight excluding hydrogens is 404 g/mol. The van der Waals surface area contributed by atoms with Crippen LogP contribution in [0.15, 0.2) is 77.7 Å². The molecule has 0 unspecified atom stereocenters. The molecule has 1 aliphatic heterocycles. The highest BCUT2D eigenvalue weighted by molar-refractivity contribution is 7.92. The van der Waals surface area contributed by atoms with E-state index < -0.39 is 10.0 Å². The van der Waals surface area contributed by atoms with Gasteiger partial charge in [-0.25, -0.2) is 8.42 Å². The van der Waals surface area contributed by atoms with Crippen molar-refractivity contribution in [2.45, 2.75) is 11.4 Å². The molecule has 0 saturated carbocycles. The van der Waals surface area contributed by atoms with Crippen molar-refractivity contribution in [1.29, 1.82) is 0 Å². The van der Waals surface area contributed by atoms with Gasteiger partial charge in [-0.15, -0.1) is 0 Å². The molecule has 154 valence electrons. The van der Waals surface area contributed by atoms with Crippen molar-refractivity contribution >= 4 is 21.6 Å². The lowest BCUT2D eigenvalue weighted by molar-refractivity contribution is 0.0951. The van der Waals surface area contributed by atoms with Gasteiger partial charge in [-0.05, 0) is 35.9 Å². The van der Waals surface area contributed by atoms with Crippen LogP contribution in [0.1, 0.15) is 15.9 Å². The smallest absolute Gasteiger partial charge is 0.262 e. The number of anilines is 1. The Morgan fingerprint density at radius 3 is 2.43 bits per heavy atom. The second-order valence-electron chi connectivity index (χ2n) is 6.66. The van der Waals surface area contributed by atoms with Gasteiger partial charge < -0.3 is 14.8 Å². The molecule has 1 heterocycles. The SMILES string of the molecule is O=C(NCc1ccccc1)c1cccc(NS(=O)(=O)c2ccc3c(c2)OCCO3)c1. The van der Waals surface area contributed by atoms with Gasteiger partial charge >= 0.3 is 0 Å². The lowest BCUT2D eigenvalue weighted by Gasteiger charge is -2.19. The van der Waals surface area contributed by atoms with Gasteiger partial charge in [-0.3, -0.25) is 9.52 Å². The lowest BCUT2D eigenvalue weighted by Crippen LogP contribution is -2.23. The van der Waals surface area contributed by atoms with Crippen molar-refractivity contribution in [1.82, 2.24) is 5.32 Å². The molecule has 30 heavy (non-hydrogen) atoms. The predicted molar refractivity (Wildman–Crippen MR) is 112 cm³/mol. The molecule has 1 amide bonds. The summed E-state index contributed by atoms with van der Waals surface area (Å²) < 4.78 is 38.9. The number of nitrogens with one attached hydrogen (secondary N) is 2. The average Bonchev–Trinajstić information content (AvgIpc) is 2.77. The number of sulfonamides is 1. The van der Waals surface area contributed by atoms with Crippen LogP contribution >= 0.6 is 0 Å². The third-order valence-corrected chi connectivity index (χ3v) is 5.88. The lowest BCUT2D eigenvalue weighted by atomic mass is 10.2. The van der Waals surface area contributed by atoms with E-state index in [0.717, 1.165) is 5.56 Å². The van der Waals surface area contributed by atoms with Crippen LogP contribution in [0.4, 0.5) is 5.69 Å². The van der Waals surface area contributed by atoms with E-state index in [1.54, 1.807) is 24.3 Å². The van der Waals surface area contributed by atoms with Crippen molar-refractivity contribution in [2.75, 3.05) is 17.9 Å². The molecule has 0 fully saturated rings. The molecular formula is C22H20N2O5S. The van der Waals surface area contributed by atoms with Crippen LogP contribution in [0.25, 0.3) is 0 Å². The highest BCUT2D eigenvalue weighted by atomic mass is 32.2. The van der Waals surface area contributed by atoms with Gasteiger partial charge in [0.2, 0.25) is 0 Å². The van der Waals surface area contributed by atoms with Crippen molar-refractivity contribution in [2.24, 2.45) is 0 Å². The zero-order valence-corrected chi connectivity index (χ0v) is 16.8. The Kier molecular flexibility index (Phi) is 5.58. The standard InChI is InChI=1S/C22H20N2O5S/c25-22(23-15-16-5-2-1-3-6-16)17-7-4-8-18(13-17)24-30(26,27)19-9-10-20-21(14-19)29-12-11-28-20/h1-10,13-14,24H,11-12,15H2,(H,23,25). The van der Waals surface area contributed by atoms with Crippen molar-refractivity contribution in [3.8, 4) is 11.5 Å². The molecule has 0 saturated heterocycles. The van der Waals surface area contributed by atoms with Crippen LogP contribution in [-0.4, -0.2) is 27.5 Å². The Bertz CT molecular complexity index is 1160. The van der Waals surface area contributed by atoms with E-state index in [-0.39, 0.29) is 16.5 Å². The molecule has 2 N–H and O–H groups in total. The van der Waals surface area contributed by atoms with Gasteiger partial charge in [0.15, 0.2) is 11.5 Å². The summed E-state index contributed by atoms with van der Waals surface area (Å²) in [6.45, 7) is 1.17. The van der Waals surface area contributed by atoms with E-state index in [1.807, 2.05) is 30.3 Å². The molecule has 0 aromatic heterocycles. The monoisotopic (exact) mass is 424 g/mol. The quantitative estimate of drug-likeness (QED) is 0.634. The fourth-order valence-corrected chi connectivity index (χ4v) is 4.07. The fraction of sp³-hybridized carbons (Fsp3) is 0.136. The van der Waals surface area contributed by atoms with E-state index in [2.05, 4.69) is 10.0 Å². The number of carbonyl (C=O) groups is 1. The number of carbonyl (C=O) groups excluding carboxylic acids is 1. The van der Waals surface area contributed by atoms with Gasteiger partial charge in [-0.1, -0.05) is 36.4 Å². The van der Waals surface area contributed by atoms with Crippen LogP contribution < -0.4 is 19.5 Å². The Balaban J connectivity index is 1.47. The molecule has 8 heteroatoms. The molecule has 0 atom stereocenters. The Morgan fingerprint density at radius 1 is 0.867 bits per heavy atom. The first-order valence-electron chi connectivity index (χ1n) is 9.36. The molecule has 0 bridgehead atoms. The Labute approximate surface area is 174 Å². The molecule has 3 aromatic carbocycles. The van der Waals surface area contributed by atoms with Crippen LogP contribution in [0, 0.1) is 0 Å². The summed E-state index contributed by atoms with van der Waals surface area (Å²) in [6.07, 6.45) is 0. The van der Waals surface area contributed by atoms with Gasteiger partial charge in [-0.2, -0.15) is 0 Å². The van der Waals surface area contributed by atoms with Crippen LogP contribution in [0.5, 0.6) is 11.5 Å². The summed E-state index contributed by atoms with van der Waals surface area (Å²) in [4.78, 5) is 12.5. The van der Waals surface area contributed by atoms with Crippen molar-refractivity contribution < 1.29 is 22.7 Å². The van der Waals surface area contributed by atoms with E-state index in [4.69, 9.17) is 9.47 Å². The summed E-state index contributed by atoms with van der Waals surface area (Å²) >= 11 is 0. The zero-order chi connectivity index (χ0) is 21.0. The summed E-state index contributed by atoms with van der Waals surface area (Å²) in [5.41, 5.74) is 1.62. The summed E-state index contributed by atoms with van der Waals surface area (Å²) in [6, 6.07) is 20.3. The number of rotatable bonds is 6. The minimum atomic E-state index is -3.86. The minimum Gasteiger partial charge on any atom is -0.486 e. The first kappa shape index (κ1) is 19.8. The van der Waals surface area contributed by atoms with Gasteiger partial charge in [0.05, 0.1) is 4.90 Å². The van der Waals surface area contributed by atoms with Crippen LogP contribution in [-0.2, 0) is 16.6 Å². The maximum Gasteiger partial charge on any atom is 0.262 e. The largest absolute Gasteiger partial charge is 0.486 e. The second-order valence-corrected chi connectivity index (χ2v) is 8.34. The third kappa shape index (κ3) is 4.55. The van der Waals surface area contributed by atoms with E-state index >= 15 is 0 Å². The Morgan fingerprint density at radius 2 is 1.63 bits per heavy atom. The van der Waals surface area contributed by atoms with Gasteiger partial charge in [0.1, 0.15) is 13.2 Å². The van der Waals surface area contributed by atoms with Crippen molar-refractivity contribution in [3.63, 3.8) is 0 Å². The summed E-state index contributed by atoms with van der Waals surface area (Å²) in [5.74, 6) is 0.606. The van der Waals surface area contributed by atoms with Crippen LogP contribution in [0.2, 0.25) is 0 Å². The fourth-order valence-electron chi connectivity index (χ4n) is 3.01. The van der Waals surface area contributed by atoms with Crippen LogP contribution in [0.3, 0.4) is 0 Å². The topological polar surface area (TPSA) is 93.7 Å². The second kappa shape index (κ2) is 8.46. The molecule has 0 aliphatic carbocycles. The van der Waals surface area contributed by atoms with Crippen molar-refractivity contribution in [3.05, 3.63) is 83.9 Å². The molecule has 0 spiro atoms. The minimum absolute atomic E-state index is 0.0469. The number of hydrogen-bond donors (Lipinski definition) is 2. The predicted octanol–water partition coefficient (Wildman–Crippen LogP) is 3.19. The molecule has 0 radical (unpaired) electrons. The molecule has 1 aliphatic rings. The average molecular weight is 424 g/mol. The highest BCUT2D eigenvalue weighted by Gasteiger charge is 2.20. The maximum absolute atomic E-state index is 12.8. The third-order valence-electron chi connectivity index (χ3n) is 4.50. The maximum atomic E-state index is 12.8. The number of benzene rings is 3. The number of ether oxygens (including phenoxy) is 2. The molecule has 4 rings (SSSR count). The van der Waals surface area contributed by atoms with Gasteiger partial charge in [0, 0.05) is 23.9 Å². The normalized spacial score (nSPS) is 12.8. The number of fused-ring (bicyclic) bond motifs is 1. The summed E-state index contributed by atoms with van der Waals surface area (Å²) in [5, 5.41) is 2.82. The molecule has 3 aromatic rings. The Hall–Kier alpha value is -3.52. The van der Waals surface area contributed by atoms with E-state index in [9.17, 15) is 13.2 Å². The highest BCUT2D eigenvalue weighted by Crippen LogP contribution is 2.32. The first-order valence-corrected chi connectivity index (χ1v) is 10.8. The first-order chi connectivity index (χ1) is 14.5. The van der Waals surface area contributed by atoms with E-state index in [1.165, 1.54) is 18.2 Å². The summed E-state index contributed by atoms with van der Waals surface area (Å²) in [7, 11) is -3.86. The van der Waals surface area contributed by atoms with E-state index in [0.29, 0.717) is 36.8 Å². The number of amides is 1. The molecule has 7 nitrogen and oxygen atoms in total. The number of hydrogen-bond acceptors (Lipinski definition) is 5. The van der Waals surface area contributed by atoms with Gasteiger partial charge in [0.25, 0.3) is 15.9 Å².